The fourth-order valence-electron chi connectivity index (χ4n) is 1.37. The van der Waals surface area contributed by atoms with Gasteiger partial charge in [-0.1, -0.05) is 18.5 Å². The number of nitrogens with zero attached hydrogens (tertiary/aromatic N) is 3. The second-order valence-electron chi connectivity index (χ2n) is 3.81. The summed E-state index contributed by atoms with van der Waals surface area (Å²) >= 11 is 5.88. The Kier molecular flexibility index (Phi) is 4.57. The predicted octanol–water partition coefficient (Wildman–Crippen LogP) is 1.28. The van der Waals surface area contributed by atoms with E-state index in [4.69, 9.17) is 11.6 Å². The summed E-state index contributed by atoms with van der Waals surface area (Å²) in [6.45, 7) is 3.32. The molecule has 1 heterocycles. The van der Waals surface area contributed by atoms with Crippen molar-refractivity contribution in [1.82, 2.24) is 14.5 Å². The Labute approximate surface area is 95.5 Å². The summed E-state index contributed by atoms with van der Waals surface area (Å²) < 4.78 is 1.84. The van der Waals surface area contributed by atoms with Crippen molar-refractivity contribution in [1.29, 1.82) is 0 Å². The number of aliphatic hydroxyl groups is 1. The van der Waals surface area contributed by atoms with Crippen LogP contribution in [0.15, 0.2) is 6.20 Å². The first-order chi connectivity index (χ1) is 7.04. The highest BCUT2D eigenvalue weighted by Gasteiger charge is 2.10. The normalized spacial score (nSPS) is 13.5. The highest BCUT2D eigenvalue weighted by Crippen LogP contribution is 2.10. The molecule has 0 aliphatic carbocycles. The molecule has 4 nitrogen and oxygen atoms in total. The lowest BCUT2D eigenvalue weighted by atomic mass is 10.2. The van der Waals surface area contributed by atoms with Gasteiger partial charge in [-0.3, -0.25) is 4.90 Å². The molecule has 0 saturated carbocycles. The molecule has 0 aromatic carbocycles. The zero-order chi connectivity index (χ0) is 11.4. The molecular weight excluding hydrogens is 214 g/mol. The average Bonchev–Trinajstić information content (AvgIpc) is 2.49. The zero-order valence-corrected chi connectivity index (χ0v) is 10.2. The molecule has 86 valence electrons. The van der Waals surface area contributed by atoms with Gasteiger partial charge in [0.15, 0.2) is 0 Å². The van der Waals surface area contributed by atoms with Gasteiger partial charge in [0.05, 0.1) is 18.8 Å². The molecule has 1 N–H and O–H groups in total. The van der Waals surface area contributed by atoms with Gasteiger partial charge in [0, 0.05) is 13.6 Å². The van der Waals surface area contributed by atoms with Crippen molar-refractivity contribution in [3.63, 3.8) is 0 Å². The average molecular weight is 232 g/mol. The molecule has 15 heavy (non-hydrogen) atoms. The summed E-state index contributed by atoms with van der Waals surface area (Å²) in [5.74, 6) is 0.908. The van der Waals surface area contributed by atoms with Crippen LogP contribution in [0.25, 0.3) is 0 Å². The number of likely N-dealkylation sites (N-methyl/N-ethyl adjacent to an activating group) is 1. The van der Waals surface area contributed by atoms with Gasteiger partial charge in [0.2, 0.25) is 0 Å². The van der Waals surface area contributed by atoms with E-state index >= 15 is 0 Å². The topological polar surface area (TPSA) is 41.3 Å². The van der Waals surface area contributed by atoms with Gasteiger partial charge in [-0.2, -0.15) is 0 Å². The third-order valence-corrected chi connectivity index (χ3v) is 2.78. The number of hydrogen-bond donors (Lipinski definition) is 1. The molecule has 1 unspecified atom stereocenters. The number of hydrogen-bond acceptors (Lipinski definition) is 3. The standard InChI is InChI=1S/C10H18ClN3O/c1-4-8(15)6-13(2)7-10-12-5-9(11)14(10)3/h5,8,15H,4,6-7H2,1-3H3. The molecule has 0 aliphatic heterocycles. The lowest BCUT2D eigenvalue weighted by Gasteiger charge is -2.19. The van der Waals surface area contributed by atoms with Crippen LogP contribution in [0.3, 0.4) is 0 Å². The van der Waals surface area contributed by atoms with E-state index in [0.717, 1.165) is 12.2 Å². The molecule has 0 fully saturated rings. The summed E-state index contributed by atoms with van der Waals surface area (Å²) in [4.78, 5) is 6.23. The summed E-state index contributed by atoms with van der Waals surface area (Å²) in [6, 6.07) is 0. The maximum atomic E-state index is 9.49. The molecule has 5 heteroatoms. The van der Waals surface area contributed by atoms with E-state index in [0.29, 0.717) is 18.2 Å². The van der Waals surface area contributed by atoms with Crippen LogP contribution in [0.2, 0.25) is 5.15 Å². The SMILES string of the molecule is CCC(O)CN(C)Cc1ncc(Cl)n1C. The minimum absolute atomic E-state index is 0.272. The van der Waals surface area contributed by atoms with Crippen LogP contribution in [0.5, 0.6) is 0 Å². The highest BCUT2D eigenvalue weighted by molar-refractivity contribution is 6.29. The zero-order valence-electron chi connectivity index (χ0n) is 9.44. The van der Waals surface area contributed by atoms with Crippen LogP contribution < -0.4 is 0 Å². The summed E-state index contributed by atoms with van der Waals surface area (Å²) in [5, 5.41) is 10.1. The molecule has 1 rings (SSSR count). The number of aromatic nitrogens is 2. The molecule has 0 aliphatic rings. The monoisotopic (exact) mass is 231 g/mol. The number of aliphatic hydroxyl groups excluding tert-OH is 1. The second-order valence-corrected chi connectivity index (χ2v) is 4.20. The van der Waals surface area contributed by atoms with E-state index in [9.17, 15) is 5.11 Å². The Balaban J connectivity index is 2.51. The van der Waals surface area contributed by atoms with Gasteiger partial charge in [0.25, 0.3) is 0 Å². The second kappa shape index (κ2) is 5.49. The Morgan fingerprint density at radius 3 is 2.80 bits per heavy atom. The van der Waals surface area contributed by atoms with E-state index in [2.05, 4.69) is 4.98 Å². The lowest BCUT2D eigenvalue weighted by molar-refractivity contribution is 0.118. The van der Waals surface area contributed by atoms with Crippen molar-refractivity contribution in [3.8, 4) is 0 Å². The first-order valence-corrected chi connectivity index (χ1v) is 5.45. The fourth-order valence-corrected chi connectivity index (χ4v) is 1.51. The molecule has 1 aromatic heterocycles. The maximum absolute atomic E-state index is 9.49. The highest BCUT2D eigenvalue weighted by atomic mass is 35.5. The minimum Gasteiger partial charge on any atom is -0.392 e. The Morgan fingerprint density at radius 1 is 1.67 bits per heavy atom. The molecule has 1 atom stereocenters. The van der Waals surface area contributed by atoms with Crippen LogP contribution in [0.1, 0.15) is 19.2 Å². The largest absolute Gasteiger partial charge is 0.392 e. The van der Waals surface area contributed by atoms with E-state index in [-0.39, 0.29) is 6.10 Å². The lowest BCUT2D eigenvalue weighted by Crippen LogP contribution is -2.29. The van der Waals surface area contributed by atoms with Crippen LogP contribution in [0, 0.1) is 0 Å². The van der Waals surface area contributed by atoms with E-state index in [1.54, 1.807) is 6.20 Å². The van der Waals surface area contributed by atoms with Crippen LogP contribution in [-0.2, 0) is 13.6 Å². The van der Waals surface area contributed by atoms with Crippen molar-refractivity contribution in [2.24, 2.45) is 7.05 Å². The Bertz CT molecular complexity index is 314. The molecule has 0 radical (unpaired) electrons. The van der Waals surface area contributed by atoms with Crippen molar-refractivity contribution in [3.05, 3.63) is 17.2 Å². The smallest absolute Gasteiger partial charge is 0.128 e. The Hall–Kier alpha value is -0.580. The summed E-state index contributed by atoms with van der Waals surface area (Å²) in [6.07, 6.45) is 2.14. The van der Waals surface area contributed by atoms with Crippen molar-refractivity contribution in [2.45, 2.75) is 26.0 Å². The summed E-state index contributed by atoms with van der Waals surface area (Å²) in [7, 11) is 3.84. The first-order valence-electron chi connectivity index (χ1n) is 5.07. The summed E-state index contributed by atoms with van der Waals surface area (Å²) in [5.41, 5.74) is 0. The predicted molar refractivity (Wildman–Crippen MR) is 60.8 cm³/mol. The number of rotatable bonds is 5. The van der Waals surface area contributed by atoms with Crippen molar-refractivity contribution >= 4 is 11.6 Å². The van der Waals surface area contributed by atoms with Crippen LogP contribution in [0.4, 0.5) is 0 Å². The Morgan fingerprint density at radius 2 is 2.33 bits per heavy atom. The molecular formula is C10H18ClN3O. The molecule has 0 saturated heterocycles. The maximum Gasteiger partial charge on any atom is 0.128 e. The minimum atomic E-state index is -0.272. The van der Waals surface area contributed by atoms with Gasteiger partial charge in [-0.25, -0.2) is 4.98 Å². The number of imidazole rings is 1. The van der Waals surface area contributed by atoms with Gasteiger partial charge >= 0.3 is 0 Å². The number of halogens is 1. The molecule has 0 bridgehead atoms. The fraction of sp³-hybridized carbons (Fsp3) is 0.700. The van der Waals surface area contributed by atoms with Crippen LogP contribution in [-0.4, -0.2) is 39.3 Å². The molecule has 0 amide bonds. The van der Waals surface area contributed by atoms with Gasteiger partial charge < -0.3 is 9.67 Å². The van der Waals surface area contributed by atoms with Gasteiger partial charge in [-0.05, 0) is 13.5 Å². The molecule has 0 spiro atoms. The third-order valence-electron chi connectivity index (χ3n) is 2.43. The van der Waals surface area contributed by atoms with Crippen molar-refractivity contribution < 1.29 is 5.11 Å². The third kappa shape index (κ3) is 3.48. The van der Waals surface area contributed by atoms with Gasteiger partial charge in [-0.15, -0.1) is 0 Å². The van der Waals surface area contributed by atoms with Gasteiger partial charge in [0.1, 0.15) is 11.0 Å². The van der Waals surface area contributed by atoms with E-state index in [1.165, 1.54) is 0 Å². The quantitative estimate of drug-likeness (QED) is 0.830. The van der Waals surface area contributed by atoms with E-state index < -0.39 is 0 Å². The van der Waals surface area contributed by atoms with E-state index in [1.807, 2.05) is 30.5 Å². The molecule has 1 aromatic rings. The van der Waals surface area contributed by atoms with Crippen LogP contribution >= 0.6 is 11.6 Å². The first kappa shape index (κ1) is 12.5. The van der Waals surface area contributed by atoms with Crippen molar-refractivity contribution in [2.75, 3.05) is 13.6 Å².